The summed E-state index contributed by atoms with van der Waals surface area (Å²) in [5, 5.41) is 1.92. The van der Waals surface area contributed by atoms with Gasteiger partial charge in [0.2, 0.25) is 5.43 Å². The molecule has 0 aliphatic rings. The van der Waals surface area contributed by atoms with Crippen molar-refractivity contribution in [1.82, 2.24) is 3.79 Å². The van der Waals surface area contributed by atoms with E-state index < -0.39 is 0 Å². The van der Waals surface area contributed by atoms with Crippen molar-refractivity contribution >= 4 is 38.0 Å². The average Bonchev–Trinajstić information content (AvgIpc) is 2.78. The normalized spacial score (nSPS) is 11.6. The van der Waals surface area contributed by atoms with Gasteiger partial charge in [-0.15, -0.1) is 0 Å². The number of hydrogen-bond donors (Lipinski definition) is 0. The van der Waals surface area contributed by atoms with Gasteiger partial charge in [0.1, 0.15) is 5.52 Å². The molecule has 92 valence electrons. The van der Waals surface area contributed by atoms with Gasteiger partial charge in [0.15, 0.2) is 0 Å². The zero-order chi connectivity index (χ0) is 13.0. The molecule has 0 radical (unpaired) electrons. The molecule has 4 aromatic rings. The van der Waals surface area contributed by atoms with Crippen molar-refractivity contribution < 1.29 is 0 Å². The van der Waals surface area contributed by atoms with Crippen LogP contribution in [0.5, 0.6) is 0 Å². The third-order valence-corrected chi connectivity index (χ3v) is 4.58. The van der Waals surface area contributed by atoms with Crippen LogP contribution in [0.1, 0.15) is 5.56 Å². The standard InChI is InChI=1S/C16H11NOS/c1-10-6-7-12-15(8-10)19-17-13-5-3-2-4-11(13)9-14(17)16(12)18/h2-9H,1H3. The van der Waals surface area contributed by atoms with Crippen LogP contribution in [0.3, 0.4) is 0 Å². The van der Waals surface area contributed by atoms with Crippen LogP contribution in [0.15, 0.2) is 53.3 Å². The van der Waals surface area contributed by atoms with Crippen molar-refractivity contribution in [3.8, 4) is 0 Å². The molecule has 2 aromatic carbocycles. The Morgan fingerprint density at radius 2 is 1.84 bits per heavy atom. The topological polar surface area (TPSA) is 21.5 Å². The van der Waals surface area contributed by atoms with E-state index in [0.29, 0.717) is 0 Å². The van der Waals surface area contributed by atoms with Crippen molar-refractivity contribution in [3.63, 3.8) is 0 Å². The lowest BCUT2D eigenvalue weighted by Crippen LogP contribution is -2.03. The number of nitrogens with zero attached hydrogens (tertiary/aromatic N) is 1. The number of rotatable bonds is 0. The molecule has 0 aliphatic heterocycles. The largest absolute Gasteiger partial charge is 0.287 e. The van der Waals surface area contributed by atoms with Crippen molar-refractivity contribution in [2.45, 2.75) is 6.92 Å². The summed E-state index contributed by atoms with van der Waals surface area (Å²) in [4.78, 5) is 12.6. The fraction of sp³-hybridized carbons (Fsp3) is 0.0625. The molecule has 0 saturated heterocycles. The van der Waals surface area contributed by atoms with Gasteiger partial charge in [0.25, 0.3) is 0 Å². The van der Waals surface area contributed by atoms with Crippen LogP contribution >= 0.6 is 11.5 Å². The molecule has 4 rings (SSSR count). The van der Waals surface area contributed by atoms with Crippen molar-refractivity contribution in [2.75, 3.05) is 0 Å². The number of aromatic nitrogens is 1. The predicted octanol–water partition coefficient (Wildman–Crippen LogP) is 3.98. The number of benzene rings is 2. The van der Waals surface area contributed by atoms with E-state index in [9.17, 15) is 4.79 Å². The lowest BCUT2D eigenvalue weighted by molar-refractivity contribution is 1.43. The minimum Gasteiger partial charge on any atom is -0.287 e. The highest BCUT2D eigenvalue weighted by Crippen LogP contribution is 2.25. The molecular formula is C16H11NOS. The van der Waals surface area contributed by atoms with Crippen molar-refractivity contribution in [1.29, 1.82) is 0 Å². The van der Waals surface area contributed by atoms with Gasteiger partial charge in [0.05, 0.1) is 10.2 Å². The van der Waals surface area contributed by atoms with Crippen LogP contribution in [0.4, 0.5) is 0 Å². The smallest absolute Gasteiger partial charge is 0.212 e. The van der Waals surface area contributed by atoms with Gasteiger partial charge < -0.3 is 0 Å². The molecule has 0 amide bonds. The van der Waals surface area contributed by atoms with Gasteiger partial charge in [-0.25, -0.2) is 0 Å². The summed E-state index contributed by atoms with van der Waals surface area (Å²) in [6, 6.07) is 16.1. The van der Waals surface area contributed by atoms with Gasteiger partial charge in [-0.3, -0.25) is 8.58 Å². The van der Waals surface area contributed by atoms with Gasteiger partial charge in [-0.1, -0.05) is 35.8 Å². The Hall–Kier alpha value is -2.13. The number of para-hydroxylation sites is 1. The Kier molecular flexibility index (Phi) is 2.09. The molecule has 0 bridgehead atoms. The Labute approximate surface area is 113 Å². The van der Waals surface area contributed by atoms with Crippen LogP contribution in [0, 0.1) is 6.92 Å². The summed E-state index contributed by atoms with van der Waals surface area (Å²) in [5.41, 5.74) is 3.16. The SMILES string of the molecule is Cc1ccc2c(=O)c3cc4ccccc4n3sc2c1. The molecule has 0 aliphatic carbocycles. The second-order valence-corrected chi connectivity index (χ2v) is 5.79. The Morgan fingerprint density at radius 1 is 1.00 bits per heavy atom. The van der Waals surface area contributed by atoms with E-state index in [4.69, 9.17) is 0 Å². The van der Waals surface area contributed by atoms with E-state index in [1.807, 2.05) is 40.2 Å². The van der Waals surface area contributed by atoms with E-state index in [2.05, 4.69) is 19.1 Å². The van der Waals surface area contributed by atoms with Crippen molar-refractivity contribution in [3.05, 3.63) is 64.3 Å². The number of aryl methyl sites for hydroxylation is 1. The van der Waals surface area contributed by atoms with Crippen LogP contribution in [0.25, 0.3) is 26.5 Å². The van der Waals surface area contributed by atoms with Crippen LogP contribution < -0.4 is 5.43 Å². The molecule has 19 heavy (non-hydrogen) atoms. The van der Waals surface area contributed by atoms with Gasteiger partial charge >= 0.3 is 0 Å². The summed E-state index contributed by atoms with van der Waals surface area (Å²) in [7, 11) is 0. The molecule has 0 atom stereocenters. The monoisotopic (exact) mass is 265 g/mol. The highest BCUT2D eigenvalue weighted by molar-refractivity contribution is 7.14. The maximum absolute atomic E-state index is 12.6. The van der Waals surface area contributed by atoms with Crippen molar-refractivity contribution in [2.24, 2.45) is 0 Å². The Balaban J connectivity index is 2.33. The molecule has 0 spiro atoms. The number of hydrogen-bond acceptors (Lipinski definition) is 2. The Bertz CT molecular complexity index is 994. The van der Waals surface area contributed by atoms with E-state index in [1.165, 1.54) is 5.56 Å². The first-order valence-electron chi connectivity index (χ1n) is 6.18. The summed E-state index contributed by atoms with van der Waals surface area (Å²) < 4.78 is 3.08. The second kappa shape index (κ2) is 3.68. The molecule has 0 saturated carbocycles. The van der Waals surface area contributed by atoms with Crippen LogP contribution in [-0.2, 0) is 0 Å². The van der Waals surface area contributed by atoms with Gasteiger partial charge in [-0.05, 0) is 36.8 Å². The van der Waals surface area contributed by atoms with E-state index >= 15 is 0 Å². The average molecular weight is 265 g/mol. The van der Waals surface area contributed by atoms with E-state index in [-0.39, 0.29) is 5.43 Å². The maximum Gasteiger partial charge on any atom is 0.212 e. The zero-order valence-electron chi connectivity index (χ0n) is 10.4. The predicted molar refractivity (Wildman–Crippen MR) is 81.3 cm³/mol. The molecule has 0 fully saturated rings. The van der Waals surface area contributed by atoms with Crippen LogP contribution in [0.2, 0.25) is 0 Å². The van der Waals surface area contributed by atoms with Gasteiger partial charge in [-0.2, -0.15) is 0 Å². The third-order valence-electron chi connectivity index (χ3n) is 3.47. The summed E-state index contributed by atoms with van der Waals surface area (Å²) >= 11 is 1.63. The minimum absolute atomic E-state index is 0.116. The van der Waals surface area contributed by atoms with Gasteiger partial charge in [0, 0.05) is 10.8 Å². The fourth-order valence-corrected chi connectivity index (χ4v) is 3.71. The molecule has 2 nitrogen and oxygen atoms in total. The minimum atomic E-state index is 0.116. The van der Waals surface area contributed by atoms with E-state index in [0.717, 1.165) is 26.5 Å². The summed E-state index contributed by atoms with van der Waals surface area (Å²) in [6.45, 7) is 2.05. The van der Waals surface area contributed by atoms with Crippen LogP contribution in [-0.4, -0.2) is 3.79 Å². The Morgan fingerprint density at radius 3 is 2.74 bits per heavy atom. The zero-order valence-corrected chi connectivity index (χ0v) is 11.2. The first-order chi connectivity index (χ1) is 9.24. The highest BCUT2D eigenvalue weighted by Gasteiger charge is 2.09. The highest BCUT2D eigenvalue weighted by atomic mass is 32.1. The fourth-order valence-electron chi connectivity index (χ4n) is 2.52. The second-order valence-electron chi connectivity index (χ2n) is 4.80. The molecule has 2 heterocycles. The third kappa shape index (κ3) is 1.45. The maximum atomic E-state index is 12.6. The quantitative estimate of drug-likeness (QED) is 0.471. The van der Waals surface area contributed by atoms with E-state index in [1.54, 1.807) is 11.5 Å². The first-order valence-corrected chi connectivity index (χ1v) is 6.95. The molecular weight excluding hydrogens is 254 g/mol. The lowest BCUT2D eigenvalue weighted by atomic mass is 10.2. The molecule has 3 heteroatoms. The summed E-state index contributed by atoms with van der Waals surface area (Å²) in [6.07, 6.45) is 0. The first kappa shape index (κ1) is 10.8. The molecule has 0 unspecified atom stereocenters. The number of fused-ring (bicyclic) bond motifs is 4. The summed E-state index contributed by atoms with van der Waals surface area (Å²) in [5.74, 6) is 0. The molecule has 0 N–H and O–H groups in total. The lowest BCUT2D eigenvalue weighted by Gasteiger charge is -2.01. The molecule has 2 aromatic heterocycles.